The van der Waals surface area contributed by atoms with Crippen LogP contribution in [0.1, 0.15) is 19.3 Å². The first-order valence-corrected chi connectivity index (χ1v) is 3.06. The summed E-state index contributed by atoms with van der Waals surface area (Å²) in [6, 6.07) is 0. The average Bonchev–Trinajstić information content (AvgIpc) is 1.83. The maximum atomic E-state index is 9.08. The second-order valence-corrected chi connectivity index (χ2v) is 2.30. The van der Waals surface area contributed by atoms with Crippen LogP contribution in [-0.2, 0) is 0 Å². The van der Waals surface area contributed by atoms with E-state index in [9.17, 15) is 0 Å². The van der Waals surface area contributed by atoms with Gasteiger partial charge in [0.25, 0.3) is 0 Å². The monoisotopic (exact) mass is 125 g/mol. The summed E-state index contributed by atoms with van der Waals surface area (Å²) in [5.74, 6) is 0. The van der Waals surface area contributed by atoms with Crippen molar-refractivity contribution in [3.05, 3.63) is 24.6 Å². The molecule has 2 nitrogen and oxygen atoms in total. The van der Waals surface area contributed by atoms with Crippen LogP contribution in [0, 0.1) is 0 Å². The highest BCUT2D eigenvalue weighted by Gasteiger charge is 2.13. The Hall–Kier alpha value is -0.760. The normalized spacial score (nSPS) is 20.8. The van der Waals surface area contributed by atoms with Gasteiger partial charge < -0.3 is 0 Å². The van der Waals surface area contributed by atoms with E-state index in [4.69, 9.17) is 5.21 Å². The Balaban J connectivity index is 2.62. The minimum atomic E-state index is 0.756. The molecule has 0 spiro atoms. The van der Waals surface area contributed by atoms with Crippen molar-refractivity contribution in [1.29, 1.82) is 0 Å². The zero-order valence-electron chi connectivity index (χ0n) is 5.43. The van der Waals surface area contributed by atoms with Gasteiger partial charge in [-0.05, 0) is 19.3 Å². The Kier molecular flexibility index (Phi) is 1.58. The van der Waals surface area contributed by atoms with Gasteiger partial charge in [0.05, 0.1) is 0 Å². The van der Waals surface area contributed by atoms with E-state index < -0.39 is 0 Å². The van der Waals surface area contributed by atoms with Crippen LogP contribution in [0.4, 0.5) is 0 Å². The van der Waals surface area contributed by atoms with E-state index in [2.05, 4.69) is 13.2 Å². The molecular formula is C7H11NO. The van der Waals surface area contributed by atoms with Crippen LogP contribution in [0.2, 0.25) is 0 Å². The molecule has 0 aromatic carbocycles. The third-order valence-corrected chi connectivity index (χ3v) is 1.53. The molecule has 0 bridgehead atoms. The fourth-order valence-corrected chi connectivity index (χ4v) is 0.932. The predicted octanol–water partition coefficient (Wildman–Crippen LogP) is 1.89. The summed E-state index contributed by atoms with van der Waals surface area (Å²) in [4.78, 5) is 0. The van der Waals surface area contributed by atoms with E-state index in [1.165, 1.54) is 0 Å². The fourth-order valence-electron chi connectivity index (χ4n) is 0.932. The molecule has 0 amide bonds. The number of rotatable bonds is 0. The minimum absolute atomic E-state index is 0.756. The van der Waals surface area contributed by atoms with Crippen LogP contribution < -0.4 is 0 Å². The van der Waals surface area contributed by atoms with Crippen molar-refractivity contribution < 1.29 is 5.21 Å². The predicted molar refractivity (Wildman–Crippen MR) is 35.8 cm³/mol. The highest BCUT2D eigenvalue weighted by Crippen LogP contribution is 2.23. The first-order valence-electron chi connectivity index (χ1n) is 3.06. The Bertz CT molecular complexity index is 135. The molecule has 1 saturated heterocycles. The molecule has 1 aliphatic rings. The van der Waals surface area contributed by atoms with Gasteiger partial charge in [-0.15, -0.1) is 0 Å². The SMILES string of the molecule is C=C1CCCC(=C)N1O. The van der Waals surface area contributed by atoms with Crippen molar-refractivity contribution in [2.24, 2.45) is 0 Å². The van der Waals surface area contributed by atoms with E-state index in [0.29, 0.717) is 0 Å². The van der Waals surface area contributed by atoms with Crippen molar-refractivity contribution >= 4 is 0 Å². The van der Waals surface area contributed by atoms with Gasteiger partial charge in [-0.3, -0.25) is 5.21 Å². The molecule has 50 valence electrons. The van der Waals surface area contributed by atoms with Crippen LogP contribution in [0.3, 0.4) is 0 Å². The van der Waals surface area contributed by atoms with E-state index in [0.717, 1.165) is 35.7 Å². The highest BCUT2D eigenvalue weighted by atomic mass is 16.5. The number of nitrogens with zero attached hydrogens (tertiary/aromatic N) is 1. The molecule has 0 atom stereocenters. The first kappa shape index (κ1) is 6.36. The molecule has 1 fully saturated rings. The van der Waals surface area contributed by atoms with E-state index in [-0.39, 0.29) is 0 Å². The molecule has 9 heavy (non-hydrogen) atoms. The summed E-state index contributed by atoms with van der Waals surface area (Å²) in [5, 5.41) is 10.2. The standard InChI is InChI=1S/C7H11NO/c1-6-4-3-5-7(2)8(6)9/h9H,1-5H2. The van der Waals surface area contributed by atoms with Crippen LogP contribution in [-0.4, -0.2) is 10.3 Å². The molecule has 0 aromatic heterocycles. The molecule has 0 unspecified atom stereocenters. The largest absolute Gasteiger partial charge is 0.284 e. The lowest BCUT2D eigenvalue weighted by atomic mass is 10.1. The minimum Gasteiger partial charge on any atom is -0.284 e. The van der Waals surface area contributed by atoms with Crippen molar-refractivity contribution in [3.63, 3.8) is 0 Å². The number of hydrogen-bond donors (Lipinski definition) is 1. The zero-order chi connectivity index (χ0) is 6.85. The van der Waals surface area contributed by atoms with Crippen LogP contribution >= 0.6 is 0 Å². The van der Waals surface area contributed by atoms with E-state index in [1.54, 1.807) is 0 Å². The van der Waals surface area contributed by atoms with Gasteiger partial charge in [0, 0.05) is 11.4 Å². The van der Waals surface area contributed by atoms with Gasteiger partial charge >= 0.3 is 0 Å². The van der Waals surface area contributed by atoms with E-state index in [1.807, 2.05) is 0 Å². The lowest BCUT2D eigenvalue weighted by molar-refractivity contribution is -0.0328. The second kappa shape index (κ2) is 2.23. The molecule has 0 aromatic rings. The van der Waals surface area contributed by atoms with Gasteiger partial charge in [0.1, 0.15) is 0 Å². The maximum absolute atomic E-state index is 9.08. The molecule has 0 saturated carbocycles. The van der Waals surface area contributed by atoms with E-state index >= 15 is 0 Å². The molecule has 0 aliphatic carbocycles. The fraction of sp³-hybridized carbons (Fsp3) is 0.429. The molecule has 1 rings (SSSR count). The summed E-state index contributed by atoms with van der Waals surface area (Å²) >= 11 is 0. The zero-order valence-corrected chi connectivity index (χ0v) is 5.43. The summed E-state index contributed by atoms with van der Waals surface area (Å²) in [6.07, 6.45) is 2.83. The lowest BCUT2D eigenvalue weighted by Gasteiger charge is -2.25. The number of hydrogen-bond acceptors (Lipinski definition) is 2. The van der Waals surface area contributed by atoms with Gasteiger partial charge in [-0.1, -0.05) is 13.2 Å². The Morgan fingerprint density at radius 3 is 2.00 bits per heavy atom. The first-order chi connectivity index (χ1) is 4.22. The molecule has 1 aliphatic heterocycles. The smallest absolute Gasteiger partial charge is 0.0391 e. The Morgan fingerprint density at radius 1 is 1.22 bits per heavy atom. The van der Waals surface area contributed by atoms with Gasteiger partial charge in [-0.2, -0.15) is 0 Å². The Morgan fingerprint density at radius 2 is 1.67 bits per heavy atom. The summed E-state index contributed by atoms with van der Waals surface area (Å²) < 4.78 is 0. The molecule has 2 heteroatoms. The van der Waals surface area contributed by atoms with Crippen molar-refractivity contribution in [1.82, 2.24) is 5.06 Å². The second-order valence-electron chi connectivity index (χ2n) is 2.30. The lowest BCUT2D eigenvalue weighted by Crippen LogP contribution is -2.20. The van der Waals surface area contributed by atoms with Crippen molar-refractivity contribution in [2.45, 2.75) is 19.3 Å². The summed E-state index contributed by atoms with van der Waals surface area (Å²) in [7, 11) is 0. The van der Waals surface area contributed by atoms with Crippen LogP contribution in [0.15, 0.2) is 24.6 Å². The van der Waals surface area contributed by atoms with Crippen molar-refractivity contribution in [2.75, 3.05) is 0 Å². The van der Waals surface area contributed by atoms with Gasteiger partial charge in [-0.25, -0.2) is 5.06 Å². The highest BCUT2D eigenvalue weighted by molar-refractivity contribution is 5.07. The Labute approximate surface area is 55.1 Å². The quantitative estimate of drug-likeness (QED) is 0.534. The van der Waals surface area contributed by atoms with Gasteiger partial charge in [0.2, 0.25) is 0 Å². The van der Waals surface area contributed by atoms with Gasteiger partial charge in [0.15, 0.2) is 0 Å². The summed E-state index contributed by atoms with van der Waals surface area (Å²) in [5.41, 5.74) is 1.51. The third-order valence-electron chi connectivity index (χ3n) is 1.53. The van der Waals surface area contributed by atoms with Crippen LogP contribution in [0.5, 0.6) is 0 Å². The molecule has 1 heterocycles. The molecular weight excluding hydrogens is 114 g/mol. The molecule has 0 radical (unpaired) electrons. The maximum Gasteiger partial charge on any atom is 0.0391 e. The van der Waals surface area contributed by atoms with Crippen LogP contribution in [0.25, 0.3) is 0 Å². The number of piperidine rings is 1. The molecule has 1 N–H and O–H groups in total. The number of allylic oxidation sites excluding steroid dienone is 2. The average molecular weight is 125 g/mol. The summed E-state index contributed by atoms with van der Waals surface area (Å²) in [6.45, 7) is 7.32. The number of hydroxylamine groups is 2. The third kappa shape index (κ3) is 1.13. The topological polar surface area (TPSA) is 23.5 Å². The van der Waals surface area contributed by atoms with Crippen molar-refractivity contribution in [3.8, 4) is 0 Å².